The molecule has 0 radical (unpaired) electrons. The predicted octanol–water partition coefficient (Wildman–Crippen LogP) is 3.72. The number of hydrogen-bond donors (Lipinski definition) is 1. The average Bonchev–Trinajstić information content (AvgIpc) is 3.15. The molecule has 0 aliphatic carbocycles. The van der Waals surface area contributed by atoms with Crippen LogP contribution in [0.15, 0.2) is 10.7 Å². The van der Waals surface area contributed by atoms with Crippen molar-refractivity contribution in [2.75, 3.05) is 12.3 Å². The van der Waals surface area contributed by atoms with Crippen molar-refractivity contribution in [1.82, 2.24) is 0 Å². The van der Waals surface area contributed by atoms with Crippen molar-refractivity contribution in [3.8, 4) is 6.07 Å². The van der Waals surface area contributed by atoms with Gasteiger partial charge in [0.2, 0.25) is 5.76 Å². The lowest BCUT2D eigenvalue weighted by Crippen LogP contribution is -2.44. The molecule has 27 heavy (non-hydrogen) atoms. The number of nitriles is 1. The molecule has 0 aromatic carbocycles. The van der Waals surface area contributed by atoms with E-state index in [2.05, 4.69) is 33.9 Å². The van der Waals surface area contributed by atoms with Crippen LogP contribution in [0.2, 0.25) is 18.1 Å². The van der Waals surface area contributed by atoms with Gasteiger partial charge in [-0.2, -0.15) is 5.26 Å². The fourth-order valence-corrected chi connectivity index (χ4v) is 4.27. The van der Waals surface area contributed by atoms with E-state index in [1.54, 1.807) is 0 Å². The summed E-state index contributed by atoms with van der Waals surface area (Å²) in [6.45, 7) is 15.2. The molecule has 7 nitrogen and oxygen atoms in total. The van der Waals surface area contributed by atoms with Gasteiger partial charge in [-0.3, -0.25) is 0 Å². The van der Waals surface area contributed by atoms with E-state index in [-0.39, 0.29) is 29.1 Å². The van der Waals surface area contributed by atoms with E-state index in [9.17, 15) is 0 Å². The summed E-state index contributed by atoms with van der Waals surface area (Å²) in [7, 11) is -1.93. The first-order valence-corrected chi connectivity index (χ1v) is 12.2. The van der Waals surface area contributed by atoms with Gasteiger partial charge in [-0.1, -0.05) is 20.8 Å². The van der Waals surface area contributed by atoms with E-state index in [0.717, 1.165) is 0 Å². The second kappa shape index (κ2) is 6.60. The predicted molar refractivity (Wildman–Crippen MR) is 102 cm³/mol. The number of nitrogens with two attached hydrogens (primary N) is 1. The van der Waals surface area contributed by atoms with Crippen LogP contribution in [-0.4, -0.2) is 39.0 Å². The molecule has 8 heteroatoms. The highest BCUT2D eigenvalue weighted by Gasteiger charge is 2.56. The van der Waals surface area contributed by atoms with Crippen molar-refractivity contribution in [3.05, 3.63) is 17.6 Å². The molecule has 1 aromatic rings. The molecule has 2 fully saturated rings. The van der Waals surface area contributed by atoms with Crippen molar-refractivity contribution < 1.29 is 23.1 Å². The third-order valence-corrected chi connectivity index (χ3v) is 10.3. The average molecular weight is 395 g/mol. The van der Waals surface area contributed by atoms with Crippen LogP contribution in [0.5, 0.6) is 0 Å². The molecule has 1 aromatic heterocycles. The summed E-state index contributed by atoms with van der Waals surface area (Å²) < 4.78 is 30.1. The van der Waals surface area contributed by atoms with Crippen LogP contribution >= 0.6 is 0 Å². The van der Waals surface area contributed by atoms with Crippen molar-refractivity contribution in [1.29, 1.82) is 5.26 Å². The molecule has 150 valence electrons. The Kier molecular flexibility index (Phi) is 4.98. The molecule has 1 unspecified atom stereocenters. The highest BCUT2D eigenvalue weighted by Crippen LogP contribution is 2.47. The van der Waals surface area contributed by atoms with Crippen LogP contribution in [0.4, 0.5) is 5.69 Å². The summed E-state index contributed by atoms with van der Waals surface area (Å²) in [5.74, 6) is -0.632. The Balaban J connectivity index is 1.82. The molecule has 0 saturated carbocycles. The number of nitrogens with zero attached hydrogens (tertiary/aromatic N) is 1. The summed E-state index contributed by atoms with van der Waals surface area (Å²) in [6, 6.07) is 1.95. The van der Waals surface area contributed by atoms with Gasteiger partial charge in [0.15, 0.2) is 14.1 Å². The number of ether oxygens (including phenoxy) is 3. The number of anilines is 1. The highest BCUT2D eigenvalue weighted by molar-refractivity contribution is 6.74. The van der Waals surface area contributed by atoms with E-state index in [4.69, 9.17) is 34.0 Å². The van der Waals surface area contributed by atoms with Gasteiger partial charge in [-0.25, -0.2) is 0 Å². The number of rotatable bonds is 4. The Morgan fingerprint density at radius 3 is 2.44 bits per heavy atom. The number of nitrogen functional groups attached to an aromatic ring is 1. The fourth-order valence-electron chi connectivity index (χ4n) is 3.26. The maximum absolute atomic E-state index is 9.11. The minimum Gasteiger partial charge on any atom is -0.451 e. The number of fused-ring (bicyclic) bond motifs is 1. The first-order chi connectivity index (χ1) is 12.4. The first kappa shape index (κ1) is 20.4. The Hall–Kier alpha value is -1.37. The monoisotopic (exact) mass is 394 g/mol. The zero-order valence-electron chi connectivity index (χ0n) is 17.2. The van der Waals surface area contributed by atoms with E-state index in [1.165, 1.54) is 6.26 Å². The minimum absolute atomic E-state index is 0.0873. The topological polar surface area (TPSA) is 99.9 Å². The molecule has 3 heterocycles. The quantitative estimate of drug-likeness (QED) is 0.777. The largest absolute Gasteiger partial charge is 0.451 e. The van der Waals surface area contributed by atoms with Gasteiger partial charge in [0.05, 0.1) is 12.3 Å². The standard InChI is InChI=1S/C19H30N2O5Si/c1-18(2,3)27(6,7)23-10-13-16-17(26-19(4,5)25-16)15(24-13)11-9-22-12(8-20)14(11)21/h9,13,15-17H,10,21H2,1-7H3/t13-,15?,16-,17+/m1/s1. The molecule has 0 bridgehead atoms. The lowest BCUT2D eigenvalue weighted by molar-refractivity contribution is -0.190. The summed E-state index contributed by atoms with van der Waals surface area (Å²) in [6.07, 6.45) is 0.127. The summed E-state index contributed by atoms with van der Waals surface area (Å²) in [5.41, 5.74) is 6.99. The van der Waals surface area contributed by atoms with Gasteiger partial charge >= 0.3 is 0 Å². The Morgan fingerprint density at radius 1 is 1.26 bits per heavy atom. The fraction of sp³-hybridized carbons (Fsp3) is 0.737. The smallest absolute Gasteiger partial charge is 0.226 e. The minimum atomic E-state index is -1.93. The van der Waals surface area contributed by atoms with Gasteiger partial charge in [0.1, 0.15) is 36.7 Å². The molecule has 0 spiro atoms. The van der Waals surface area contributed by atoms with Crippen LogP contribution in [0.1, 0.15) is 52.0 Å². The Labute approximate surface area is 161 Å². The van der Waals surface area contributed by atoms with Crippen LogP contribution in [0.3, 0.4) is 0 Å². The van der Waals surface area contributed by atoms with Crippen LogP contribution in [-0.2, 0) is 18.6 Å². The van der Waals surface area contributed by atoms with E-state index in [1.807, 2.05) is 19.9 Å². The Morgan fingerprint density at radius 2 is 1.89 bits per heavy atom. The van der Waals surface area contributed by atoms with Gasteiger partial charge in [0.25, 0.3) is 0 Å². The van der Waals surface area contributed by atoms with Crippen LogP contribution in [0, 0.1) is 11.3 Å². The zero-order valence-corrected chi connectivity index (χ0v) is 18.2. The lowest BCUT2D eigenvalue weighted by Gasteiger charge is -2.37. The first-order valence-electron chi connectivity index (χ1n) is 9.28. The van der Waals surface area contributed by atoms with E-state index < -0.39 is 20.2 Å². The molecule has 3 rings (SSSR count). The summed E-state index contributed by atoms with van der Waals surface area (Å²) in [5, 5.41) is 9.22. The van der Waals surface area contributed by atoms with Gasteiger partial charge in [0, 0.05) is 5.56 Å². The number of hydrogen-bond acceptors (Lipinski definition) is 7. The van der Waals surface area contributed by atoms with Gasteiger partial charge in [-0.15, -0.1) is 0 Å². The SMILES string of the molecule is CC1(C)O[C@@H]2[C@@H](CO[Si](C)(C)C(C)(C)C)OC(c3coc(C#N)c3N)[C@@H]2O1. The van der Waals surface area contributed by atoms with Crippen LogP contribution < -0.4 is 5.73 Å². The molecule has 2 saturated heterocycles. The maximum atomic E-state index is 9.11. The molecular weight excluding hydrogens is 364 g/mol. The third kappa shape index (κ3) is 3.67. The molecular formula is C19H30N2O5Si. The molecule has 2 aliphatic heterocycles. The third-order valence-electron chi connectivity index (χ3n) is 5.83. The summed E-state index contributed by atoms with van der Waals surface area (Å²) in [4.78, 5) is 0. The Bertz CT molecular complexity index is 746. The van der Waals surface area contributed by atoms with Gasteiger partial charge < -0.3 is 28.8 Å². The summed E-state index contributed by atoms with van der Waals surface area (Å²) >= 11 is 0. The van der Waals surface area contributed by atoms with Crippen molar-refractivity contribution in [2.24, 2.45) is 0 Å². The second-order valence-corrected chi connectivity index (χ2v) is 14.1. The maximum Gasteiger partial charge on any atom is 0.226 e. The highest BCUT2D eigenvalue weighted by atomic mass is 28.4. The van der Waals surface area contributed by atoms with Gasteiger partial charge in [-0.05, 0) is 32.0 Å². The van der Waals surface area contributed by atoms with Crippen LogP contribution in [0.25, 0.3) is 0 Å². The number of furan rings is 1. The lowest BCUT2D eigenvalue weighted by atomic mass is 10.0. The van der Waals surface area contributed by atoms with Crippen molar-refractivity contribution >= 4 is 14.0 Å². The molecule has 2 N–H and O–H groups in total. The molecule has 0 amide bonds. The zero-order chi connectivity index (χ0) is 20.2. The van der Waals surface area contributed by atoms with Crippen molar-refractivity contribution in [2.45, 2.75) is 83.0 Å². The van der Waals surface area contributed by atoms with E-state index >= 15 is 0 Å². The molecule has 4 atom stereocenters. The molecule has 2 aliphatic rings. The van der Waals surface area contributed by atoms with Crippen molar-refractivity contribution in [3.63, 3.8) is 0 Å². The normalized spacial score (nSPS) is 30.3. The van der Waals surface area contributed by atoms with E-state index in [0.29, 0.717) is 17.9 Å². The second-order valence-electron chi connectivity index (χ2n) is 9.28.